The number of amides is 1. The first kappa shape index (κ1) is 11.4. The van der Waals surface area contributed by atoms with Crippen molar-refractivity contribution in [3.63, 3.8) is 0 Å². The summed E-state index contributed by atoms with van der Waals surface area (Å²) in [4.78, 5) is 25.4. The van der Waals surface area contributed by atoms with Gasteiger partial charge in [0, 0.05) is 12.5 Å². The quantitative estimate of drug-likeness (QED) is 0.681. The van der Waals surface area contributed by atoms with Gasteiger partial charge in [0.1, 0.15) is 6.04 Å². The van der Waals surface area contributed by atoms with Crippen molar-refractivity contribution >= 4 is 11.9 Å². The number of rotatable bonds is 3. The van der Waals surface area contributed by atoms with Gasteiger partial charge in [-0.2, -0.15) is 0 Å². The summed E-state index contributed by atoms with van der Waals surface area (Å²) in [6.07, 6.45) is 3.54. The van der Waals surface area contributed by atoms with E-state index in [-0.39, 0.29) is 29.9 Å². The number of hydrogen-bond acceptors (Lipinski definition) is 3. The van der Waals surface area contributed by atoms with Crippen LogP contribution in [0.3, 0.4) is 0 Å². The predicted molar refractivity (Wildman–Crippen MR) is 58.7 cm³/mol. The van der Waals surface area contributed by atoms with E-state index in [0.717, 1.165) is 25.7 Å². The first-order valence-corrected chi connectivity index (χ1v) is 6.10. The summed E-state index contributed by atoms with van der Waals surface area (Å²) in [7, 11) is 0. The SMILES string of the molecule is CC(C)OC(=O)C1CCCN1C(=O)C1CC1. The summed E-state index contributed by atoms with van der Waals surface area (Å²) in [5.74, 6) is 0.108. The Kier molecular flexibility index (Phi) is 3.17. The Balaban J connectivity index is 1.96. The Morgan fingerprint density at radius 2 is 1.94 bits per heavy atom. The third kappa shape index (κ3) is 2.36. The van der Waals surface area contributed by atoms with Crippen LogP contribution < -0.4 is 0 Å². The highest BCUT2D eigenvalue weighted by atomic mass is 16.5. The second-order valence-corrected chi connectivity index (χ2v) is 4.95. The summed E-state index contributed by atoms with van der Waals surface area (Å²) in [5, 5.41) is 0. The lowest BCUT2D eigenvalue weighted by molar-refractivity contribution is -0.156. The Morgan fingerprint density at radius 1 is 1.25 bits per heavy atom. The maximum absolute atomic E-state index is 11.9. The maximum Gasteiger partial charge on any atom is 0.329 e. The number of nitrogens with zero attached hydrogens (tertiary/aromatic N) is 1. The molecule has 1 saturated carbocycles. The molecule has 1 amide bonds. The zero-order chi connectivity index (χ0) is 11.7. The molecule has 0 radical (unpaired) electrons. The van der Waals surface area contributed by atoms with Crippen LogP contribution in [0.4, 0.5) is 0 Å². The van der Waals surface area contributed by atoms with E-state index in [0.29, 0.717) is 6.54 Å². The Bertz CT molecular complexity index is 297. The zero-order valence-electron chi connectivity index (χ0n) is 9.94. The molecule has 0 spiro atoms. The lowest BCUT2D eigenvalue weighted by atomic mass is 10.2. The molecule has 4 nitrogen and oxygen atoms in total. The molecular weight excluding hydrogens is 206 g/mol. The molecule has 1 aliphatic carbocycles. The van der Waals surface area contributed by atoms with E-state index < -0.39 is 0 Å². The molecule has 0 aromatic heterocycles. The van der Waals surface area contributed by atoms with E-state index >= 15 is 0 Å². The van der Waals surface area contributed by atoms with Crippen molar-refractivity contribution in [1.29, 1.82) is 0 Å². The molecule has 2 rings (SSSR count). The van der Waals surface area contributed by atoms with Crippen molar-refractivity contribution in [2.75, 3.05) is 6.54 Å². The number of carbonyl (C=O) groups excluding carboxylic acids is 2. The van der Waals surface area contributed by atoms with Crippen LogP contribution in [0, 0.1) is 5.92 Å². The fourth-order valence-electron chi connectivity index (χ4n) is 2.15. The molecule has 2 aliphatic rings. The Labute approximate surface area is 95.9 Å². The van der Waals surface area contributed by atoms with Crippen LogP contribution in [0.1, 0.15) is 39.5 Å². The highest BCUT2D eigenvalue weighted by Gasteiger charge is 2.41. The summed E-state index contributed by atoms with van der Waals surface area (Å²) in [6.45, 7) is 4.38. The third-order valence-corrected chi connectivity index (χ3v) is 3.09. The van der Waals surface area contributed by atoms with Crippen molar-refractivity contribution in [2.45, 2.75) is 51.7 Å². The van der Waals surface area contributed by atoms with Crippen LogP contribution in [0.25, 0.3) is 0 Å². The average molecular weight is 225 g/mol. The standard InChI is InChI=1S/C12H19NO3/c1-8(2)16-12(15)10-4-3-7-13(10)11(14)9-5-6-9/h8-10H,3-7H2,1-2H3. The van der Waals surface area contributed by atoms with Crippen molar-refractivity contribution in [3.05, 3.63) is 0 Å². The molecule has 1 heterocycles. The molecule has 4 heteroatoms. The van der Waals surface area contributed by atoms with Crippen LogP contribution in [-0.2, 0) is 14.3 Å². The van der Waals surface area contributed by atoms with E-state index in [2.05, 4.69) is 0 Å². The highest BCUT2D eigenvalue weighted by Crippen LogP contribution is 2.33. The van der Waals surface area contributed by atoms with E-state index in [1.807, 2.05) is 13.8 Å². The van der Waals surface area contributed by atoms with E-state index in [4.69, 9.17) is 4.74 Å². The first-order chi connectivity index (χ1) is 7.59. The van der Waals surface area contributed by atoms with Gasteiger partial charge in [0.25, 0.3) is 0 Å². The summed E-state index contributed by atoms with van der Waals surface area (Å²) in [5.41, 5.74) is 0. The summed E-state index contributed by atoms with van der Waals surface area (Å²) < 4.78 is 5.18. The van der Waals surface area contributed by atoms with Crippen molar-refractivity contribution in [2.24, 2.45) is 5.92 Å². The number of esters is 1. The predicted octanol–water partition coefficient (Wildman–Crippen LogP) is 1.34. The van der Waals surface area contributed by atoms with Gasteiger partial charge < -0.3 is 9.64 Å². The van der Waals surface area contributed by atoms with Crippen molar-refractivity contribution in [1.82, 2.24) is 4.90 Å². The van der Waals surface area contributed by atoms with Gasteiger partial charge in [0.05, 0.1) is 6.10 Å². The van der Waals surface area contributed by atoms with Gasteiger partial charge in [-0.25, -0.2) is 4.79 Å². The lowest BCUT2D eigenvalue weighted by Crippen LogP contribution is -2.42. The fourth-order valence-corrected chi connectivity index (χ4v) is 2.15. The van der Waals surface area contributed by atoms with Gasteiger partial charge in [-0.3, -0.25) is 4.79 Å². The van der Waals surface area contributed by atoms with Gasteiger partial charge in [0.2, 0.25) is 5.91 Å². The minimum atomic E-state index is -0.324. The molecule has 16 heavy (non-hydrogen) atoms. The maximum atomic E-state index is 11.9. The molecule has 1 saturated heterocycles. The van der Waals surface area contributed by atoms with Crippen LogP contribution in [-0.4, -0.2) is 35.5 Å². The number of likely N-dealkylation sites (tertiary alicyclic amines) is 1. The third-order valence-electron chi connectivity index (χ3n) is 3.09. The largest absolute Gasteiger partial charge is 0.461 e. The smallest absolute Gasteiger partial charge is 0.329 e. The monoisotopic (exact) mass is 225 g/mol. The molecule has 90 valence electrons. The molecule has 0 aromatic carbocycles. The van der Waals surface area contributed by atoms with Crippen molar-refractivity contribution in [3.8, 4) is 0 Å². The summed E-state index contributed by atoms with van der Waals surface area (Å²) in [6, 6.07) is -0.324. The molecule has 1 atom stereocenters. The average Bonchev–Trinajstić information content (AvgIpc) is 2.93. The van der Waals surface area contributed by atoms with E-state index in [1.54, 1.807) is 4.90 Å². The van der Waals surface area contributed by atoms with E-state index in [1.165, 1.54) is 0 Å². The second kappa shape index (κ2) is 4.44. The molecule has 1 aliphatic heterocycles. The normalized spacial score (nSPS) is 24.9. The van der Waals surface area contributed by atoms with Crippen LogP contribution in [0.5, 0.6) is 0 Å². The van der Waals surface area contributed by atoms with Gasteiger partial charge in [0.15, 0.2) is 0 Å². The Hall–Kier alpha value is -1.06. The lowest BCUT2D eigenvalue weighted by Gasteiger charge is -2.24. The van der Waals surface area contributed by atoms with E-state index in [9.17, 15) is 9.59 Å². The minimum absolute atomic E-state index is 0.106. The topological polar surface area (TPSA) is 46.6 Å². The van der Waals surface area contributed by atoms with Gasteiger partial charge in [-0.15, -0.1) is 0 Å². The van der Waals surface area contributed by atoms with Crippen LogP contribution in [0.15, 0.2) is 0 Å². The molecule has 0 N–H and O–H groups in total. The van der Waals surface area contributed by atoms with Crippen LogP contribution in [0.2, 0.25) is 0 Å². The van der Waals surface area contributed by atoms with Gasteiger partial charge >= 0.3 is 5.97 Å². The molecule has 2 fully saturated rings. The van der Waals surface area contributed by atoms with Crippen molar-refractivity contribution < 1.29 is 14.3 Å². The second-order valence-electron chi connectivity index (χ2n) is 4.95. The number of hydrogen-bond donors (Lipinski definition) is 0. The molecule has 1 unspecified atom stereocenters. The number of carbonyl (C=O) groups is 2. The zero-order valence-corrected chi connectivity index (χ0v) is 9.94. The van der Waals surface area contributed by atoms with Crippen LogP contribution >= 0.6 is 0 Å². The summed E-state index contributed by atoms with van der Waals surface area (Å²) >= 11 is 0. The molecular formula is C12H19NO3. The Morgan fingerprint density at radius 3 is 2.50 bits per heavy atom. The van der Waals surface area contributed by atoms with Gasteiger partial charge in [-0.05, 0) is 39.5 Å². The fraction of sp³-hybridized carbons (Fsp3) is 0.833. The molecule has 0 bridgehead atoms. The first-order valence-electron chi connectivity index (χ1n) is 6.10. The highest BCUT2D eigenvalue weighted by molar-refractivity contribution is 5.87. The minimum Gasteiger partial charge on any atom is -0.461 e. The number of ether oxygens (including phenoxy) is 1. The van der Waals surface area contributed by atoms with Gasteiger partial charge in [-0.1, -0.05) is 0 Å². The molecule has 0 aromatic rings.